The summed E-state index contributed by atoms with van der Waals surface area (Å²) in [6.45, 7) is 6.02. The van der Waals surface area contributed by atoms with Gasteiger partial charge in [-0.15, -0.1) is 0 Å². The van der Waals surface area contributed by atoms with Crippen molar-refractivity contribution in [3.05, 3.63) is 60.7 Å². The van der Waals surface area contributed by atoms with Gasteiger partial charge < -0.3 is 9.88 Å². The molecule has 0 fully saturated rings. The third-order valence-electron chi connectivity index (χ3n) is 5.39. The molecule has 2 aromatic carbocycles. The highest BCUT2D eigenvalue weighted by molar-refractivity contribution is 7.99. The zero-order valence-corrected chi connectivity index (χ0v) is 20.2. The molecule has 0 aliphatic heterocycles. The van der Waals surface area contributed by atoms with Crippen molar-refractivity contribution < 1.29 is 4.79 Å². The van der Waals surface area contributed by atoms with Gasteiger partial charge in [-0.2, -0.15) is 0 Å². The molecular formula is C27H35N3OS. The quantitative estimate of drug-likeness (QED) is 0.230. The summed E-state index contributed by atoms with van der Waals surface area (Å²) in [5.74, 6) is 1.10. The van der Waals surface area contributed by atoms with Crippen LogP contribution in [0.3, 0.4) is 0 Å². The molecule has 0 aliphatic rings. The predicted octanol–water partition coefficient (Wildman–Crippen LogP) is 6.81. The second-order valence-corrected chi connectivity index (χ2v) is 9.05. The number of nitrogens with zero attached hydrogens (tertiary/aromatic N) is 2. The normalized spacial score (nSPS) is 10.9. The zero-order valence-electron chi connectivity index (χ0n) is 19.3. The van der Waals surface area contributed by atoms with Gasteiger partial charge in [-0.05, 0) is 19.3 Å². The Morgan fingerprint density at radius 2 is 1.56 bits per heavy atom. The number of carbonyl (C=O) groups is 1. The molecule has 1 aromatic heterocycles. The van der Waals surface area contributed by atoms with E-state index < -0.39 is 0 Å². The smallest absolute Gasteiger partial charge is 0.219 e. The van der Waals surface area contributed by atoms with E-state index in [0.717, 1.165) is 67.4 Å². The van der Waals surface area contributed by atoms with Gasteiger partial charge >= 0.3 is 0 Å². The first kappa shape index (κ1) is 24.1. The Bertz CT molecular complexity index is 954. The number of aromatic nitrogens is 2. The highest BCUT2D eigenvalue weighted by atomic mass is 32.2. The lowest BCUT2D eigenvalue weighted by Crippen LogP contribution is -2.24. The van der Waals surface area contributed by atoms with Crippen LogP contribution in [0.2, 0.25) is 0 Å². The molecule has 4 nitrogen and oxygen atoms in total. The van der Waals surface area contributed by atoms with E-state index in [1.165, 1.54) is 11.3 Å². The lowest BCUT2D eigenvalue weighted by molar-refractivity contribution is -0.121. The lowest BCUT2D eigenvalue weighted by Gasteiger charge is -2.13. The minimum atomic E-state index is 0.166. The van der Waals surface area contributed by atoms with Crippen LogP contribution in [0.15, 0.2) is 65.8 Å². The molecule has 3 rings (SSSR count). The third kappa shape index (κ3) is 6.73. The van der Waals surface area contributed by atoms with Crippen molar-refractivity contribution in [2.75, 3.05) is 12.3 Å². The monoisotopic (exact) mass is 449 g/mol. The van der Waals surface area contributed by atoms with Crippen molar-refractivity contribution in [2.24, 2.45) is 0 Å². The number of nitrogens with one attached hydrogen (secondary N) is 1. The Morgan fingerprint density at radius 3 is 2.22 bits per heavy atom. The molecule has 0 unspecified atom stereocenters. The Morgan fingerprint density at radius 1 is 0.906 bits per heavy atom. The Labute approximate surface area is 196 Å². The topological polar surface area (TPSA) is 46.9 Å². The largest absolute Gasteiger partial charge is 0.356 e. The van der Waals surface area contributed by atoms with Gasteiger partial charge in [0.2, 0.25) is 5.91 Å². The van der Waals surface area contributed by atoms with Gasteiger partial charge in [0.05, 0.1) is 11.4 Å². The van der Waals surface area contributed by atoms with E-state index in [1.54, 1.807) is 11.8 Å². The molecule has 1 N–H and O–H groups in total. The van der Waals surface area contributed by atoms with E-state index in [0.29, 0.717) is 6.42 Å². The van der Waals surface area contributed by atoms with Crippen molar-refractivity contribution in [3.8, 4) is 22.5 Å². The number of hydrogen-bond acceptors (Lipinski definition) is 3. The molecule has 0 aliphatic carbocycles. The van der Waals surface area contributed by atoms with Gasteiger partial charge in [0.1, 0.15) is 0 Å². The van der Waals surface area contributed by atoms with Crippen molar-refractivity contribution in [1.82, 2.24) is 14.9 Å². The molecule has 32 heavy (non-hydrogen) atoms. The summed E-state index contributed by atoms with van der Waals surface area (Å²) >= 11 is 1.79. The number of thioether (sulfide) groups is 1. The fourth-order valence-electron chi connectivity index (χ4n) is 3.64. The van der Waals surface area contributed by atoms with Crippen LogP contribution >= 0.6 is 11.8 Å². The minimum Gasteiger partial charge on any atom is -0.356 e. The second kappa shape index (κ2) is 13.1. The van der Waals surface area contributed by atoms with E-state index in [4.69, 9.17) is 4.98 Å². The van der Waals surface area contributed by atoms with Crippen LogP contribution in [0, 0.1) is 0 Å². The first-order valence-corrected chi connectivity index (χ1v) is 12.8. The van der Waals surface area contributed by atoms with E-state index >= 15 is 0 Å². The maximum atomic E-state index is 11.8. The second-order valence-electron chi connectivity index (χ2n) is 7.98. The van der Waals surface area contributed by atoms with Crippen molar-refractivity contribution >= 4 is 17.7 Å². The number of carbonyl (C=O) groups excluding carboxylic acids is 1. The van der Waals surface area contributed by atoms with Gasteiger partial charge in [0, 0.05) is 36.4 Å². The van der Waals surface area contributed by atoms with Crippen LogP contribution in [0.1, 0.15) is 52.4 Å². The minimum absolute atomic E-state index is 0.166. The Balaban J connectivity index is 1.80. The van der Waals surface area contributed by atoms with Crippen LogP contribution in [0.5, 0.6) is 0 Å². The number of hydrogen-bond donors (Lipinski definition) is 1. The average molecular weight is 450 g/mol. The molecule has 3 aromatic rings. The molecule has 0 radical (unpaired) electrons. The van der Waals surface area contributed by atoms with E-state index in [2.05, 4.69) is 78.3 Å². The standard InChI is InChI=1S/C27H35N3OS/c1-3-5-18-24(31)28-19-13-21-32-27-29-25(22-14-9-7-10-15-22)26(30(27)20-6-4-2)23-16-11-8-12-17-23/h7-12,14-17H,3-6,13,18-21H2,1-2H3,(H,28,31). The SMILES string of the molecule is CCCCC(=O)NCCCSc1nc(-c2ccccc2)c(-c2ccccc2)n1CCCC. The third-order valence-corrected chi connectivity index (χ3v) is 6.46. The molecule has 0 spiro atoms. The van der Waals surface area contributed by atoms with Crippen LogP contribution in [-0.2, 0) is 11.3 Å². The average Bonchev–Trinajstić information content (AvgIpc) is 3.20. The Kier molecular flexibility index (Phi) is 9.89. The first-order valence-electron chi connectivity index (χ1n) is 11.9. The van der Waals surface area contributed by atoms with Gasteiger partial charge in [-0.25, -0.2) is 4.98 Å². The summed E-state index contributed by atoms with van der Waals surface area (Å²) in [5, 5.41) is 4.10. The van der Waals surface area contributed by atoms with E-state index in [9.17, 15) is 4.79 Å². The summed E-state index contributed by atoms with van der Waals surface area (Å²) in [6.07, 6.45) is 5.83. The van der Waals surface area contributed by atoms with Crippen LogP contribution in [0.25, 0.3) is 22.5 Å². The molecule has 0 atom stereocenters. The molecule has 5 heteroatoms. The van der Waals surface area contributed by atoms with Crippen molar-refractivity contribution in [2.45, 2.75) is 64.1 Å². The summed E-state index contributed by atoms with van der Waals surface area (Å²) in [4.78, 5) is 17.0. The maximum Gasteiger partial charge on any atom is 0.219 e. The van der Waals surface area contributed by atoms with E-state index in [-0.39, 0.29) is 5.91 Å². The maximum absolute atomic E-state index is 11.8. The fourth-order valence-corrected chi connectivity index (χ4v) is 4.61. The van der Waals surface area contributed by atoms with Crippen LogP contribution in [0.4, 0.5) is 0 Å². The van der Waals surface area contributed by atoms with Gasteiger partial charge in [0.15, 0.2) is 5.16 Å². The van der Waals surface area contributed by atoms with Crippen molar-refractivity contribution in [3.63, 3.8) is 0 Å². The van der Waals surface area contributed by atoms with Gasteiger partial charge in [-0.1, -0.05) is 99.1 Å². The highest BCUT2D eigenvalue weighted by Gasteiger charge is 2.20. The number of imidazole rings is 1. The number of rotatable bonds is 13. The summed E-state index contributed by atoms with van der Waals surface area (Å²) in [7, 11) is 0. The van der Waals surface area contributed by atoms with Gasteiger partial charge in [-0.3, -0.25) is 4.79 Å². The number of amides is 1. The Hall–Kier alpha value is -2.53. The fraction of sp³-hybridized carbons (Fsp3) is 0.407. The number of unbranched alkanes of at least 4 members (excludes halogenated alkanes) is 2. The van der Waals surface area contributed by atoms with Gasteiger partial charge in [0.25, 0.3) is 0 Å². The highest BCUT2D eigenvalue weighted by Crippen LogP contribution is 2.36. The first-order chi connectivity index (χ1) is 15.7. The molecule has 1 amide bonds. The lowest BCUT2D eigenvalue weighted by atomic mass is 10.0. The molecule has 1 heterocycles. The molecule has 0 saturated heterocycles. The molecule has 0 bridgehead atoms. The molecular weight excluding hydrogens is 414 g/mol. The van der Waals surface area contributed by atoms with E-state index in [1.807, 2.05) is 6.07 Å². The summed E-state index contributed by atoms with van der Waals surface area (Å²) in [6, 6.07) is 21.1. The summed E-state index contributed by atoms with van der Waals surface area (Å²) in [5.41, 5.74) is 4.58. The molecule has 170 valence electrons. The summed E-state index contributed by atoms with van der Waals surface area (Å²) < 4.78 is 2.39. The molecule has 0 saturated carbocycles. The predicted molar refractivity (Wildman–Crippen MR) is 136 cm³/mol. The number of benzene rings is 2. The van der Waals surface area contributed by atoms with Crippen LogP contribution in [-0.4, -0.2) is 27.8 Å². The van der Waals surface area contributed by atoms with Crippen LogP contribution < -0.4 is 5.32 Å². The zero-order chi connectivity index (χ0) is 22.6. The van der Waals surface area contributed by atoms with Crippen molar-refractivity contribution in [1.29, 1.82) is 0 Å².